The van der Waals surface area contributed by atoms with Crippen molar-refractivity contribution < 1.29 is 0 Å². The van der Waals surface area contributed by atoms with Crippen LogP contribution in [0.1, 0.15) is 18.4 Å². The summed E-state index contributed by atoms with van der Waals surface area (Å²) < 4.78 is 0. The van der Waals surface area contributed by atoms with Crippen LogP contribution < -0.4 is 5.32 Å². The molecular formula is C13H21N3. The number of likely N-dealkylation sites (N-methyl/N-ethyl adjacent to an activating group) is 1. The fraction of sp³-hybridized carbons (Fsp3) is 0.615. The van der Waals surface area contributed by atoms with Crippen LogP contribution in [0.25, 0.3) is 0 Å². The first-order chi connectivity index (χ1) is 7.84. The second kappa shape index (κ2) is 5.97. The molecule has 3 nitrogen and oxygen atoms in total. The van der Waals surface area contributed by atoms with E-state index in [9.17, 15) is 0 Å². The van der Waals surface area contributed by atoms with E-state index in [0.29, 0.717) is 6.04 Å². The zero-order valence-electron chi connectivity index (χ0n) is 10.0. The number of hydrogen-bond acceptors (Lipinski definition) is 3. The molecular weight excluding hydrogens is 198 g/mol. The standard InChI is InChI=1S/C13H21N3/c1-16(11-13-5-3-8-15-13)9-6-12-4-2-7-14-10-12/h2,4,7,10,13,15H,3,5-6,8-9,11H2,1H3. The van der Waals surface area contributed by atoms with Gasteiger partial charge in [0.2, 0.25) is 0 Å². The van der Waals surface area contributed by atoms with Gasteiger partial charge >= 0.3 is 0 Å². The van der Waals surface area contributed by atoms with Crippen LogP contribution in [0.2, 0.25) is 0 Å². The maximum Gasteiger partial charge on any atom is 0.0300 e. The van der Waals surface area contributed by atoms with E-state index in [-0.39, 0.29) is 0 Å². The summed E-state index contributed by atoms with van der Waals surface area (Å²) in [5, 5.41) is 3.53. The molecule has 1 unspecified atom stereocenters. The van der Waals surface area contributed by atoms with Gasteiger partial charge in [-0.3, -0.25) is 4.98 Å². The lowest BCUT2D eigenvalue weighted by molar-refractivity contribution is 0.303. The van der Waals surface area contributed by atoms with Crippen molar-refractivity contribution in [2.45, 2.75) is 25.3 Å². The molecule has 0 saturated carbocycles. The minimum Gasteiger partial charge on any atom is -0.313 e. The number of rotatable bonds is 5. The van der Waals surface area contributed by atoms with Crippen molar-refractivity contribution in [1.82, 2.24) is 15.2 Å². The van der Waals surface area contributed by atoms with Crippen molar-refractivity contribution in [1.29, 1.82) is 0 Å². The van der Waals surface area contributed by atoms with Crippen molar-refractivity contribution in [2.75, 3.05) is 26.7 Å². The summed E-state index contributed by atoms with van der Waals surface area (Å²) in [6, 6.07) is 4.86. The predicted octanol–water partition coefficient (Wildman–Crippen LogP) is 1.31. The fourth-order valence-electron chi connectivity index (χ4n) is 2.25. The lowest BCUT2D eigenvalue weighted by Crippen LogP contribution is -2.36. The van der Waals surface area contributed by atoms with Gasteiger partial charge in [-0.1, -0.05) is 6.07 Å². The number of pyridine rings is 1. The first kappa shape index (κ1) is 11.6. The molecule has 1 atom stereocenters. The van der Waals surface area contributed by atoms with Crippen molar-refractivity contribution in [3.63, 3.8) is 0 Å². The van der Waals surface area contributed by atoms with Crippen LogP contribution in [-0.4, -0.2) is 42.6 Å². The van der Waals surface area contributed by atoms with Crippen LogP contribution >= 0.6 is 0 Å². The Hall–Kier alpha value is -0.930. The van der Waals surface area contributed by atoms with E-state index in [2.05, 4.69) is 28.3 Å². The summed E-state index contributed by atoms with van der Waals surface area (Å²) in [6.07, 6.45) is 7.55. The molecule has 0 aromatic carbocycles. The summed E-state index contributed by atoms with van der Waals surface area (Å²) in [7, 11) is 2.20. The maximum absolute atomic E-state index is 4.14. The molecule has 16 heavy (non-hydrogen) atoms. The number of nitrogens with one attached hydrogen (secondary N) is 1. The molecule has 0 spiro atoms. The monoisotopic (exact) mass is 219 g/mol. The molecule has 1 saturated heterocycles. The largest absolute Gasteiger partial charge is 0.313 e. The first-order valence-electron chi connectivity index (χ1n) is 6.15. The summed E-state index contributed by atoms with van der Waals surface area (Å²) in [6.45, 7) is 3.48. The normalized spacial score (nSPS) is 20.5. The van der Waals surface area contributed by atoms with E-state index >= 15 is 0 Å². The van der Waals surface area contributed by atoms with E-state index in [1.54, 1.807) is 0 Å². The van der Waals surface area contributed by atoms with Crippen LogP contribution in [0.4, 0.5) is 0 Å². The Bertz CT molecular complexity index is 293. The summed E-state index contributed by atoms with van der Waals surface area (Å²) >= 11 is 0. The Balaban J connectivity index is 1.69. The molecule has 0 aliphatic carbocycles. The van der Waals surface area contributed by atoms with Gasteiger partial charge in [-0.05, 0) is 44.5 Å². The van der Waals surface area contributed by atoms with Gasteiger partial charge in [-0.15, -0.1) is 0 Å². The van der Waals surface area contributed by atoms with Crippen LogP contribution in [0.5, 0.6) is 0 Å². The zero-order valence-corrected chi connectivity index (χ0v) is 10.0. The highest BCUT2D eigenvalue weighted by atomic mass is 15.1. The van der Waals surface area contributed by atoms with Crippen LogP contribution in [0.15, 0.2) is 24.5 Å². The van der Waals surface area contributed by atoms with Gasteiger partial charge in [0.15, 0.2) is 0 Å². The first-order valence-corrected chi connectivity index (χ1v) is 6.15. The van der Waals surface area contributed by atoms with Gasteiger partial charge in [0, 0.05) is 31.5 Å². The topological polar surface area (TPSA) is 28.2 Å². The molecule has 1 aliphatic rings. The third kappa shape index (κ3) is 3.58. The quantitative estimate of drug-likeness (QED) is 0.809. The van der Waals surface area contributed by atoms with Crippen LogP contribution in [0, 0.1) is 0 Å². The van der Waals surface area contributed by atoms with Crippen LogP contribution in [-0.2, 0) is 6.42 Å². The number of hydrogen-bond donors (Lipinski definition) is 1. The predicted molar refractivity (Wildman–Crippen MR) is 66.5 cm³/mol. The third-order valence-corrected chi connectivity index (χ3v) is 3.20. The highest BCUT2D eigenvalue weighted by Crippen LogP contribution is 2.06. The minimum absolute atomic E-state index is 0.707. The molecule has 1 aromatic heterocycles. The summed E-state index contributed by atoms with van der Waals surface area (Å²) in [4.78, 5) is 6.55. The highest BCUT2D eigenvalue weighted by Gasteiger charge is 2.15. The van der Waals surface area contributed by atoms with Crippen LogP contribution in [0.3, 0.4) is 0 Å². The number of aromatic nitrogens is 1. The molecule has 1 aliphatic heterocycles. The highest BCUT2D eigenvalue weighted by molar-refractivity contribution is 5.08. The van der Waals surface area contributed by atoms with Crippen molar-refractivity contribution >= 4 is 0 Å². The van der Waals surface area contributed by atoms with E-state index in [4.69, 9.17) is 0 Å². The third-order valence-electron chi connectivity index (χ3n) is 3.20. The van der Waals surface area contributed by atoms with Gasteiger partial charge in [0.05, 0.1) is 0 Å². The Morgan fingerprint density at radius 1 is 1.56 bits per heavy atom. The fourth-order valence-corrected chi connectivity index (χ4v) is 2.25. The maximum atomic E-state index is 4.14. The molecule has 1 aromatic rings. The average Bonchev–Trinajstić information content (AvgIpc) is 2.81. The molecule has 0 amide bonds. The minimum atomic E-state index is 0.707. The molecule has 2 rings (SSSR count). The second-order valence-electron chi connectivity index (χ2n) is 4.67. The van der Waals surface area contributed by atoms with Crippen molar-refractivity contribution in [3.05, 3.63) is 30.1 Å². The van der Waals surface area contributed by atoms with Crippen molar-refractivity contribution in [3.8, 4) is 0 Å². The summed E-state index contributed by atoms with van der Waals surface area (Å²) in [5.41, 5.74) is 1.33. The zero-order chi connectivity index (χ0) is 11.2. The van der Waals surface area contributed by atoms with Gasteiger partial charge in [-0.2, -0.15) is 0 Å². The van der Waals surface area contributed by atoms with Gasteiger partial charge in [0.1, 0.15) is 0 Å². The number of nitrogens with zero attached hydrogens (tertiary/aromatic N) is 2. The molecule has 0 bridgehead atoms. The molecule has 3 heteroatoms. The molecule has 88 valence electrons. The lowest BCUT2D eigenvalue weighted by atomic mass is 10.2. The average molecular weight is 219 g/mol. The molecule has 2 heterocycles. The van der Waals surface area contributed by atoms with Crippen molar-refractivity contribution in [2.24, 2.45) is 0 Å². The summed E-state index contributed by atoms with van der Waals surface area (Å²) in [5.74, 6) is 0. The van der Waals surface area contributed by atoms with Gasteiger partial charge in [-0.25, -0.2) is 0 Å². The SMILES string of the molecule is CN(CCc1cccnc1)CC1CCCN1. The van der Waals surface area contributed by atoms with E-state index < -0.39 is 0 Å². The van der Waals surface area contributed by atoms with E-state index in [1.165, 1.54) is 31.5 Å². The Morgan fingerprint density at radius 2 is 2.50 bits per heavy atom. The molecule has 1 N–H and O–H groups in total. The lowest BCUT2D eigenvalue weighted by Gasteiger charge is -2.20. The second-order valence-corrected chi connectivity index (χ2v) is 4.67. The Kier molecular flexibility index (Phi) is 4.31. The van der Waals surface area contributed by atoms with E-state index in [1.807, 2.05) is 18.5 Å². The molecule has 0 radical (unpaired) electrons. The Labute approximate surface area is 97.9 Å². The smallest absolute Gasteiger partial charge is 0.0300 e. The van der Waals surface area contributed by atoms with E-state index in [0.717, 1.165) is 13.0 Å². The Morgan fingerprint density at radius 3 is 3.19 bits per heavy atom. The van der Waals surface area contributed by atoms with Gasteiger partial charge in [0.25, 0.3) is 0 Å². The molecule has 1 fully saturated rings. The van der Waals surface area contributed by atoms with Gasteiger partial charge < -0.3 is 10.2 Å².